The molecule has 108 valence electrons. The number of hydrogen-bond acceptors (Lipinski definition) is 2. The first kappa shape index (κ1) is 14.6. The summed E-state index contributed by atoms with van der Waals surface area (Å²) in [4.78, 5) is 25.6. The molecule has 2 atom stereocenters. The van der Waals surface area contributed by atoms with Crippen molar-refractivity contribution >= 4 is 11.9 Å². The fourth-order valence-corrected chi connectivity index (χ4v) is 3.00. The van der Waals surface area contributed by atoms with E-state index in [9.17, 15) is 14.7 Å². The number of carbonyl (C=O) groups excluding carboxylic acids is 1. The van der Waals surface area contributed by atoms with E-state index in [1.807, 2.05) is 32.9 Å². The molecule has 4 heteroatoms. The van der Waals surface area contributed by atoms with Gasteiger partial charge in [0.1, 0.15) is 6.04 Å². The van der Waals surface area contributed by atoms with E-state index in [1.165, 1.54) is 4.90 Å². The molecule has 0 aromatic heterocycles. The van der Waals surface area contributed by atoms with E-state index in [2.05, 4.69) is 0 Å². The quantitative estimate of drug-likeness (QED) is 0.902. The van der Waals surface area contributed by atoms with Gasteiger partial charge in [0.2, 0.25) is 0 Å². The van der Waals surface area contributed by atoms with Gasteiger partial charge in [-0.3, -0.25) is 4.79 Å². The van der Waals surface area contributed by atoms with Gasteiger partial charge in [-0.2, -0.15) is 0 Å². The van der Waals surface area contributed by atoms with Crippen molar-refractivity contribution < 1.29 is 14.7 Å². The molecule has 0 saturated carbocycles. The molecule has 1 fully saturated rings. The summed E-state index contributed by atoms with van der Waals surface area (Å²) < 4.78 is 0. The Morgan fingerprint density at radius 2 is 2.00 bits per heavy atom. The Labute approximate surface area is 119 Å². The van der Waals surface area contributed by atoms with Gasteiger partial charge in [0.15, 0.2) is 0 Å². The number of amides is 1. The SMILES string of the molecule is Cc1ccc(C(=O)N2CCCC(C)C2C(=O)O)c(C)c1. The van der Waals surface area contributed by atoms with E-state index < -0.39 is 12.0 Å². The van der Waals surface area contributed by atoms with Gasteiger partial charge >= 0.3 is 5.97 Å². The van der Waals surface area contributed by atoms with Crippen LogP contribution in [0.2, 0.25) is 0 Å². The van der Waals surface area contributed by atoms with Crippen LogP contribution in [0, 0.1) is 19.8 Å². The Balaban J connectivity index is 2.33. The lowest BCUT2D eigenvalue weighted by atomic mass is 9.90. The van der Waals surface area contributed by atoms with Crippen molar-refractivity contribution in [3.8, 4) is 0 Å². The largest absolute Gasteiger partial charge is 0.480 e. The lowest BCUT2D eigenvalue weighted by Crippen LogP contribution is -2.52. The molecule has 1 aromatic carbocycles. The molecular weight excluding hydrogens is 254 g/mol. The number of hydrogen-bond donors (Lipinski definition) is 1. The predicted molar refractivity (Wildman–Crippen MR) is 76.8 cm³/mol. The molecule has 1 N–H and O–H groups in total. The van der Waals surface area contributed by atoms with Crippen molar-refractivity contribution in [3.05, 3.63) is 34.9 Å². The van der Waals surface area contributed by atoms with Crippen LogP contribution in [0.1, 0.15) is 41.3 Å². The third-order valence-corrected chi connectivity index (χ3v) is 4.06. The summed E-state index contributed by atoms with van der Waals surface area (Å²) in [6.45, 7) is 6.29. The van der Waals surface area contributed by atoms with E-state index in [4.69, 9.17) is 0 Å². The highest BCUT2D eigenvalue weighted by Gasteiger charge is 2.37. The van der Waals surface area contributed by atoms with Crippen LogP contribution in [0.4, 0.5) is 0 Å². The Hall–Kier alpha value is -1.84. The molecule has 1 aliphatic heterocycles. The first-order valence-electron chi connectivity index (χ1n) is 7.03. The van der Waals surface area contributed by atoms with Crippen molar-refractivity contribution in [1.29, 1.82) is 0 Å². The third kappa shape index (κ3) is 2.69. The van der Waals surface area contributed by atoms with Crippen LogP contribution in [0.3, 0.4) is 0 Å². The molecular formula is C16H21NO3. The van der Waals surface area contributed by atoms with Crippen molar-refractivity contribution in [2.24, 2.45) is 5.92 Å². The van der Waals surface area contributed by atoms with Crippen molar-refractivity contribution in [2.75, 3.05) is 6.54 Å². The van der Waals surface area contributed by atoms with E-state index in [0.717, 1.165) is 24.0 Å². The van der Waals surface area contributed by atoms with E-state index >= 15 is 0 Å². The maximum Gasteiger partial charge on any atom is 0.326 e. The normalized spacial score (nSPS) is 22.6. The van der Waals surface area contributed by atoms with Crippen LogP contribution < -0.4 is 0 Å². The monoisotopic (exact) mass is 275 g/mol. The minimum atomic E-state index is -0.907. The Morgan fingerprint density at radius 3 is 2.60 bits per heavy atom. The summed E-state index contributed by atoms with van der Waals surface area (Å²) >= 11 is 0. The van der Waals surface area contributed by atoms with Gasteiger partial charge in [-0.1, -0.05) is 24.6 Å². The highest BCUT2D eigenvalue weighted by molar-refractivity contribution is 5.98. The second-order valence-electron chi connectivity index (χ2n) is 5.72. The smallest absolute Gasteiger partial charge is 0.326 e. The third-order valence-electron chi connectivity index (χ3n) is 4.06. The molecule has 20 heavy (non-hydrogen) atoms. The highest BCUT2D eigenvalue weighted by Crippen LogP contribution is 2.26. The van der Waals surface area contributed by atoms with Gasteiger partial charge in [-0.15, -0.1) is 0 Å². The minimum Gasteiger partial charge on any atom is -0.480 e. The average molecular weight is 275 g/mol. The number of carboxylic acids is 1. The molecule has 0 bridgehead atoms. The number of piperidine rings is 1. The van der Waals surface area contributed by atoms with Gasteiger partial charge in [-0.25, -0.2) is 4.79 Å². The summed E-state index contributed by atoms with van der Waals surface area (Å²) in [6.07, 6.45) is 1.72. The molecule has 1 aliphatic rings. The number of carboxylic acid groups (broad SMARTS) is 1. The molecule has 2 unspecified atom stereocenters. The fraction of sp³-hybridized carbons (Fsp3) is 0.500. The second-order valence-corrected chi connectivity index (χ2v) is 5.72. The Kier molecular flexibility index (Phi) is 4.12. The van der Waals surface area contributed by atoms with Gasteiger partial charge in [0.25, 0.3) is 5.91 Å². The first-order chi connectivity index (χ1) is 9.41. The van der Waals surface area contributed by atoms with Crippen LogP contribution >= 0.6 is 0 Å². The Bertz CT molecular complexity index is 539. The molecule has 1 amide bonds. The lowest BCUT2D eigenvalue weighted by Gasteiger charge is -2.37. The van der Waals surface area contributed by atoms with Gasteiger partial charge in [0, 0.05) is 12.1 Å². The number of aryl methyl sites for hydroxylation is 2. The Morgan fingerprint density at radius 1 is 1.30 bits per heavy atom. The number of carbonyl (C=O) groups is 2. The number of aliphatic carboxylic acids is 1. The molecule has 1 aromatic rings. The van der Waals surface area contributed by atoms with Crippen LogP contribution in [0.15, 0.2) is 18.2 Å². The number of benzene rings is 1. The van der Waals surface area contributed by atoms with E-state index in [1.54, 1.807) is 6.07 Å². The van der Waals surface area contributed by atoms with Crippen molar-refractivity contribution in [1.82, 2.24) is 4.90 Å². The van der Waals surface area contributed by atoms with Crippen LogP contribution in [-0.2, 0) is 4.79 Å². The maximum absolute atomic E-state index is 12.7. The van der Waals surface area contributed by atoms with E-state index in [0.29, 0.717) is 12.1 Å². The lowest BCUT2D eigenvalue weighted by molar-refractivity contribution is -0.145. The standard InChI is InChI=1S/C16H21NO3/c1-10-6-7-13(12(3)9-10)15(18)17-8-4-5-11(2)14(17)16(19)20/h6-7,9,11,14H,4-5,8H2,1-3H3,(H,19,20). The molecule has 1 heterocycles. The zero-order valence-corrected chi connectivity index (χ0v) is 12.2. The summed E-state index contributed by atoms with van der Waals surface area (Å²) in [7, 11) is 0. The molecule has 2 rings (SSSR count). The number of nitrogens with zero attached hydrogens (tertiary/aromatic N) is 1. The van der Waals surface area contributed by atoms with Gasteiger partial charge in [-0.05, 0) is 44.2 Å². The topological polar surface area (TPSA) is 57.6 Å². The first-order valence-corrected chi connectivity index (χ1v) is 7.03. The molecule has 0 aliphatic carbocycles. The van der Waals surface area contributed by atoms with Crippen molar-refractivity contribution in [2.45, 2.75) is 39.7 Å². The maximum atomic E-state index is 12.7. The molecule has 0 spiro atoms. The van der Waals surface area contributed by atoms with Crippen LogP contribution in [0.25, 0.3) is 0 Å². The molecule has 0 radical (unpaired) electrons. The van der Waals surface area contributed by atoms with E-state index in [-0.39, 0.29) is 11.8 Å². The second kappa shape index (κ2) is 5.65. The molecule has 1 saturated heterocycles. The zero-order valence-electron chi connectivity index (χ0n) is 12.2. The fourth-order valence-electron chi connectivity index (χ4n) is 3.00. The van der Waals surface area contributed by atoms with Crippen LogP contribution in [0.5, 0.6) is 0 Å². The summed E-state index contributed by atoms with van der Waals surface area (Å²) in [5.41, 5.74) is 2.61. The summed E-state index contributed by atoms with van der Waals surface area (Å²) in [5, 5.41) is 9.39. The van der Waals surface area contributed by atoms with Crippen molar-refractivity contribution in [3.63, 3.8) is 0 Å². The van der Waals surface area contributed by atoms with Gasteiger partial charge < -0.3 is 10.0 Å². The number of likely N-dealkylation sites (tertiary alicyclic amines) is 1. The highest BCUT2D eigenvalue weighted by atomic mass is 16.4. The number of rotatable bonds is 2. The average Bonchev–Trinajstić information content (AvgIpc) is 2.37. The van der Waals surface area contributed by atoms with Gasteiger partial charge in [0.05, 0.1) is 0 Å². The molecule has 4 nitrogen and oxygen atoms in total. The predicted octanol–water partition coefficient (Wildman–Crippen LogP) is 2.63. The summed E-state index contributed by atoms with van der Waals surface area (Å²) in [5.74, 6) is -1.08. The van der Waals surface area contributed by atoms with Crippen LogP contribution in [-0.4, -0.2) is 34.5 Å². The minimum absolute atomic E-state index is 0.00375. The summed E-state index contributed by atoms with van der Waals surface area (Å²) in [6, 6.07) is 4.93. The zero-order chi connectivity index (χ0) is 14.9.